The molecule has 0 fully saturated rings. The first-order valence-corrected chi connectivity index (χ1v) is 10.6. The van der Waals surface area contributed by atoms with Gasteiger partial charge in [0.15, 0.2) is 0 Å². The minimum absolute atomic E-state index is 0. The van der Waals surface area contributed by atoms with Gasteiger partial charge in [-0.3, -0.25) is 0 Å². The maximum absolute atomic E-state index is 6.15. The Balaban J connectivity index is 0.00000259. The van der Waals surface area contributed by atoms with E-state index in [9.17, 15) is 0 Å². The average Bonchev–Trinajstić information content (AvgIpc) is 3.23. The van der Waals surface area contributed by atoms with E-state index in [1.54, 1.807) is 0 Å². The summed E-state index contributed by atoms with van der Waals surface area (Å²) >= 11 is 0. The summed E-state index contributed by atoms with van der Waals surface area (Å²) in [6.07, 6.45) is 3.98. The quantitative estimate of drug-likeness (QED) is 0.312. The Hall–Kier alpha value is -2.78. The Morgan fingerprint density at radius 1 is 0.788 bits per heavy atom. The van der Waals surface area contributed by atoms with Crippen molar-refractivity contribution in [1.82, 2.24) is 9.80 Å². The van der Waals surface area contributed by atoms with Gasteiger partial charge >= 0.3 is 0 Å². The molecular formula is C27H26N4OPd-4. The monoisotopic (exact) mass is 528 g/mol. The molecule has 5 nitrogen and oxygen atoms in total. The molecule has 2 aliphatic heterocycles. The Bertz CT molecular complexity index is 1160. The number of hydrogen-bond donors (Lipinski definition) is 0. The Kier molecular flexibility index (Phi) is 6.54. The van der Waals surface area contributed by atoms with Crippen molar-refractivity contribution < 1.29 is 25.2 Å². The second kappa shape index (κ2) is 9.23. The third-order valence-corrected chi connectivity index (χ3v) is 6.03. The maximum atomic E-state index is 6.15. The number of hydrogen-bond acceptors (Lipinski definition) is 5. The number of para-hydroxylation sites is 1. The summed E-state index contributed by atoms with van der Waals surface area (Å²) in [5.41, 5.74) is 4.17. The fourth-order valence-electron chi connectivity index (χ4n) is 3.96. The van der Waals surface area contributed by atoms with Gasteiger partial charge in [-0.05, 0) is 52.0 Å². The molecule has 3 aromatic carbocycles. The Labute approximate surface area is 210 Å². The van der Waals surface area contributed by atoms with Crippen LogP contribution in [0.15, 0.2) is 73.1 Å². The van der Waals surface area contributed by atoms with Crippen LogP contribution in [0.3, 0.4) is 0 Å². The van der Waals surface area contributed by atoms with E-state index >= 15 is 0 Å². The van der Waals surface area contributed by atoms with E-state index in [1.165, 1.54) is 5.56 Å². The smallest absolute Gasteiger partial charge is 0.0165 e. The number of anilines is 3. The van der Waals surface area contributed by atoms with Gasteiger partial charge in [-0.1, -0.05) is 18.2 Å². The van der Waals surface area contributed by atoms with Gasteiger partial charge in [0.05, 0.1) is 0 Å². The Morgan fingerprint density at radius 2 is 1.45 bits per heavy atom. The summed E-state index contributed by atoms with van der Waals surface area (Å²) in [4.78, 5) is 8.38. The number of benzene rings is 3. The van der Waals surface area contributed by atoms with Crippen LogP contribution in [-0.2, 0) is 26.0 Å². The molecule has 3 aromatic rings. The molecule has 2 heterocycles. The molecule has 0 aliphatic carbocycles. The van der Waals surface area contributed by atoms with Gasteiger partial charge in [-0.25, -0.2) is 0 Å². The third kappa shape index (κ3) is 4.52. The van der Waals surface area contributed by atoms with E-state index in [4.69, 9.17) is 4.74 Å². The van der Waals surface area contributed by atoms with Crippen molar-refractivity contribution in [3.05, 3.63) is 104 Å². The van der Waals surface area contributed by atoms with Gasteiger partial charge in [0.2, 0.25) is 0 Å². The van der Waals surface area contributed by atoms with Crippen LogP contribution >= 0.6 is 0 Å². The molecule has 0 spiro atoms. The molecular weight excluding hydrogens is 503 g/mol. The largest absolute Gasteiger partial charge is 0.510 e. The normalized spacial score (nSPS) is 17.0. The fraction of sp³-hybridized carbons (Fsp3) is 0.185. The van der Waals surface area contributed by atoms with E-state index in [2.05, 4.69) is 73.8 Å². The van der Waals surface area contributed by atoms with Crippen molar-refractivity contribution >= 4 is 17.1 Å². The van der Waals surface area contributed by atoms with E-state index in [0.29, 0.717) is 11.5 Å². The molecule has 0 unspecified atom stereocenters. The van der Waals surface area contributed by atoms with Crippen LogP contribution in [0.2, 0.25) is 0 Å². The van der Waals surface area contributed by atoms with Crippen molar-refractivity contribution in [2.24, 2.45) is 0 Å². The summed E-state index contributed by atoms with van der Waals surface area (Å²) in [6, 6.07) is 27.1. The van der Waals surface area contributed by atoms with Crippen molar-refractivity contribution in [2.75, 3.05) is 23.9 Å². The van der Waals surface area contributed by atoms with Crippen LogP contribution in [0.25, 0.3) is 0 Å². The molecule has 0 saturated carbocycles. The number of nitrogens with zero attached hydrogens (tertiary/aromatic N) is 4. The van der Waals surface area contributed by atoms with E-state index in [1.807, 2.05) is 72.3 Å². The third-order valence-electron chi connectivity index (χ3n) is 6.03. The zero-order chi connectivity index (χ0) is 22.3. The molecule has 0 aromatic heterocycles. The van der Waals surface area contributed by atoms with Crippen LogP contribution in [0.5, 0.6) is 11.5 Å². The van der Waals surface area contributed by atoms with Crippen LogP contribution in [0, 0.1) is 25.5 Å². The number of ether oxygens (including phenoxy) is 1. The van der Waals surface area contributed by atoms with Gasteiger partial charge in [0.1, 0.15) is 0 Å². The van der Waals surface area contributed by atoms with Crippen molar-refractivity contribution in [2.45, 2.75) is 19.4 Å². The molecule has 0 N–H and O–H groups in total. The standard InChI is InChI=1S/C27H26N4O.Pd/c1-27(2)25-13-5-6-14-26(25)31(20-29(27)4)22-10-8-12-24(18-22)32-23-11-7-9-21(17-23)30-16-15-28(3)19-30;/h5-16,19-20H,1-4H3;/q-4;. The van der Waals surface area contributed by atoms with E-state index in [-0.39, 0.29) is 26.0 Å². The van der Waals surface area contributed by atoms with Gasteiger partial charge in [-0.2, -0.15) is 25.5 Å². The predicted octanol–water partition coefficient (Wildman–Crippen LogP) is 5.86. The number of fused-ring (bicyclic) bond motifs is 1. The van der Waals surface area contributed by atoms with Crippen molar-refractivity contribution in [3.8, 4) is 11.5 Å². The summed E-state index contributed by atoms with van der Waals surface area (Å²) < 4.78 is 6.15. The first-order chi connectivity index (χ1) is 15.4. The molecule has 0 saturated heterocycles. The van der Waals surface area contributed by atoms with Gasteiger partial charge in [-0.15, -0.1) is 47.8 Å². The van der Waals surface area contributed by atoms with Gasteiger partial charge < -0.3 is 24.3 Å². The molecule has 0 radical (unpaired) electrons. The zero-order valence-electron chi connectivity index (χ0n) is 19.1. The minimum atomic E-state index is -0.0916. The SMILES string of the molecule is CN1C=CN(c2[c-]c(Oc3[c-]c(N4[CH-]N(C)C(C)(C)c5ccccc54)ccc3)ccc2)[CH-]1.[Pd]. The first kappa shape index (κ1) is 23.4. The van der Waals surface area contributed by atoms with Gasteiger partial charge in [0.25, 0.3) is 0 Å². The van der Waals surface area contributed by atoms with Crippen LogP contribution in [0.1, 0.15) is 19.4 Å². The molecule has 33 heavy (non-hydrogen) atoms. The average molecular weight is 529 g/mol. The first-order valence-electron chi connectivity index (χ1n) is 10.6. The molecule has 2 aliphatic rings. The van der Waals surface area contributed by atoms with Crippen molar-refractivity contribution in [3.63, 3.8) is 0 Å². The summed E-state index contributed by atoms with van der Waals surface area (Å²) in [7, 11) is 4.09. The molecule has 0 atom stereocenters. The minimum Gasteiger partial charge on any atom is -0.510 e. The summed E-state index contributed by atoms with van der Waals surface area (Å²) in [5, 5.41) is 0. The summed E-state index contributed by atoms with van der Waals surface area (Å²) in [5.74, 6) is 1.29. The predicted molar refractivity (Wildman–Crippen MR) is 128 cm³/mol. The van der Waals surface area contributed by atoms with Gasteiger partial charge in [0, 0.05) is 43.1 Å². The second-order valence-electron chi connectivity index (χ2n) is 8.56. The molecule has 0 bridgehead atoms. The van der Waals surface area contributed by atoms with Crippen LogP contribution in [-0.4, -0.2) is 23.9 Å². The number of rotatable bonds is 4. The van der Waals surface area contributed by atoms with E-state index < -0.39 is 0 Å². The topological polar surface area (TPSA) is 22.2 Å². The maximum Gasteiger partial charge on any atom is 0.0165 e. The second-order valence-corrected chi connectivity index (χ2v) is 8.56. The summed E-state index contributed by atoms with van der Waals surface area (Å²) in [6.45, 7) is 8.58. The van der Waals surface area contributed by atoms with Crippen molar-refractivity contribution in [1.29, 1.82) is 0 Å². The van der Waals surface area contributed by atoms with Crippen LogP contribution < -0.4 is 14.5 Å². The van der Waals surface area contributed by atoms with E-state index in [0.717, 1.165) is 17.1 Å². The molecule has 5 rings (SSSR count). The molecule has 0 amide bonds. The van der Waals surface area contributed by atoms with Crippen LogP contribution in [0.4, 0.5) is 17.1 Å². The molecule has 174 valence electrons. The fourth-order valence-corrected chi connectivity index (χ4v) is 3.96. The molecule has 6 heteroatoms. The Morgan fingerprint density at radius 3 is 2.15 bits per heavy atom. The zero-order valence-corrected chi connectivity index (χ0v) is 20.7.